The number of amides is 1. The summed E-state index contributed by atoms with van der Waals surface area (Å²) in [7, 11) is 0. The first-order valence-electron chi connectivity index (χ1n) is 5.63. The zero-order valence-electron chi connectivity index (χ0n) is 10.6. The molecule has 0 spiro atoms. The van der Waals surface area contributed by atoms with Crippen molar-refractivity contribution in [3.63, 3.8) is 0 Å². The predicted octanol–water partition coefficient (Wildman–Crippen LogP) is 3.25. The molecule has 0 unspecified atom stereocenters. The van der Waals surface area contributed by atoms with Gasteiger partial charge in [0.15, 0.2) is 0 Å². The van der Waals surface area contributed by atoms with E-state index in [1.54, 1.807) is 13.0 Å². The molecule has 0 radical (unpaired) electrons. The number of rotatable bonds is 3. The lowest BCUT2D eigenvalue weighted by atomic mass is 10.2. The summed E-state index contributed by atoms with van der Waals surface area (Å²) in [5, 5.41) is 13.4. The van der Waals surface area contributed by atoms with Crippen LogP contribution in [0, 0.1) is 17.0 Å². The molecule has 9 heteroatoms. The van der Waals surface area contributed by atoms with Crippen molar-refractivity contribution in [3.05, 3.63) is 56.1 Å². The van der Waals surface area contributed by atoms with Gasteiger partial charge in [-0.2, -0.15) is 0 Å². The van der Waals surface area contributed by atoms with Gasteiger partial charge in [0.1, 0.15) is 10.7 Å². The van der Waals surface area contributed by atoms with Crippen LogP contribution in [-0.2, 0) is 0 Å². The maximum absolute atomic E-state index is 12.2. The number of carbonyl (C=O) groups is 1. The van der Waals surface area contributed by atoms with E-state index in [1.165, 1.54) is 18.3 Å². The molecule has 0 aliphatic carbocycles. The lowest BCUT2D eigenvalue weighted by molar-refractivity contribution is -0.385. The number of aromatic nitrogens is 2. The van der Waals surface area contributed by atoms with Crippen molar-refractivity contribution in [2.75, 3.05) is 5.32 Å². The number of aryl methyl sites for hydroxylation is 1. The number of pyridine rings is 2. The number of carbonyl (C=O) groups excluding carboxylic acids is 1. The van der Waals surface area contributed by atoms with E-state index in [9.17, 15) is 14.9 Å². The molecule has 0 atom stereocenters. The third kappa shape index (κ3) is 3.26. The topological polar surface area (TPSA) is 98.0 Å². The van der Waals surface area contributed by atoms with Crippen LogP contribution in [0.3, 0.4) is 0 Å². The second-order valence-corrected chi connectivity index (χ2v) is 4.72. The monoisotopic (exact) mass is 326 g/mol. The van der Waals surface area contributed by atoms with Crippen LogP contribution in [-0.4, -0.2) is 20.8 Å². The molecule has 2 aromatic heterocycles. The van der Waals surface area contributed by atoms with Gasteiger partial charge < -0.3 is 5.32 Å². The summed E-state index contributed by atoms with van der Waals surface area (Å²) in [4.78, 5) is 30.0. The number of nitro groups is 1. The van der Waals surface area contributed by atoms with Crippen molar-refractivity contribution < 1.29 is 9.72 Å². The lowest BCUT2D eigenvalue weighted by Crippen LogP contribution is -2.15. The summed E-state index contributed by atoms with van der Waals surface area (Å²) in [5.74, 6) is -0.682. The van der Waals surface area contributed by atoms with Crippen LogP contribution >= 0.6 is 23.2 Å². The number of nitrogens with zero attached hydrogens (tertiary/aromatic N) is 3. The molecule has 1 amide bonds. The van der Waals surface area contributed by atoms with Gasteiger partial charge in [0.05, 0.1) is 16.3 Å². The van der Waals surface area contributed by atoms with Crippen LogP contribution in [0.5, 0.6) is 0 Å². The molecule has 7 nitrogen and oxygen atoms in total. The second-order valence-electron chi connectivity index (χ2n) is 3.98. The van der Waals surface area contributed by atoms with Crippen molar-refractivity contribution in [1.82, 2.24) is 9.97 Å². The largest absolute Gasteiger partial charge is 0.320 e. The fourth-order valence-corrected chi connectivity index (χ4v) is 2.05. The summed E-state index contributed by atoms with van der Waals surface area (Å²) < 4.78 is 0. The average Bonchev–Trinajstić information content (AvgIpc) is 2.41. The highest BCUT2D eigenvalue weighted by molar-refractivity contribution is 6.32. The molecule has 0 saturated heterocycles. The molecule has 0 bridgehead atoms. The summed E-state index contributed by atoms with van der Waals surface area (Å²) in [6.45, 7) is 1.65. The number of hydrogen-bond donors (Lipinski definition) is 1. The Morgan fingerprint density at radius 2 is 2.05 bits per heavy atom. The minimum Gasteiger partial charge on any atom is -0.320 e. The van der Waals surface area contributed by atoms with Gasteiger partial charge in [0, 0.05) is 6.20 Å². The molecule has 2 heterocycles. The Morgan fingerprint density at radius 3 is 2.67 bits per heavy atom. The van der Waals surface area contributed by atoms with Crippen molar-refractivity contribution in [3.8, 4) is 0 Å². The van der Waals surface area contributed by atoms with Crippen LogP contribution in [0.15, 0.2) is 24.4 Å². The highest BCUT2D eigenvalue weighted by Gasteiger charge is 2.25. The predicted molar refractivity (Wildman–Crippen MR) is 77.8 cm³/mol. The third-order valence-corrected chi connectivity index (χ3v) is 3.09. The van der Waals surface area contributed by atoms with E-state index in [-0.39, 0.29) is 15.9 Å². The lowest BCUT2D eigenvalue weighted by Gasteiger charge is -2.08. The summed E-state index contributed by atoms with van der Waals surface area (Å²) in [6, 6.07) is 4.27. The second kappa shape index (κ2) is 6.02. The van der Waals surface area contributed by atoms with E-state index in [0.29, 0.717) is 11.4 Å². The summed E-state index contributed by atoms with van der Waals surface area (Å²) in [6.07, 6.45) is 1.22. The Morgan fingerprint density at radius 1 is 1.33 bits per heavy atom. The maximum atomic E-state index is 12.2. The number of hydrogen-bond acceptors (Lipinski definition) is 5. The molecule has 2 aromatic rings. The summed E-state index contributed by atoms with van der Waals surface area (Å²) >= 11 is 11.4. The molecular formula is C12H8Cl2N4O3. The molecule has 1 N–H and O–H groups in total. The Kier molecular flexibility index (Phi) is 4.35. The zero-order chi connectivity index (χ0) is 15.6. The van der Waals surface area contributed by atoms with Crippen molar-refractivity contribution >= 4 is 40.5 Å². The molecule has 21 heavy (non-hydrogen) atoms. The van der Waals surface area contributed by atoms with Crippen LogP contribution in [0.25, 0.3) is 0 Å². The van der Waals surface area contributed by atoms with Gasteiger partial charge in [-0.05, 0) is 25.1 Å². The Balaban J connectivity index is 2.37. The normalized spacial score (nSPS) is 10.2. The van der Waals surface area contributed by atoms with E-state index in [2.05, 4.69) is 15.3 Å². The first-order valence-corrected chi connectivity index (χ1v) is 6.39. The number of halogens is 2. The van der Waals surface area contributed by atoms with E-state index < -0.39 is 16.5 Å². The van der Waals surface area contributed by atoms with E-state index >= 15 is 0 Å². The fraction of sp³-hybridized carbons (Fsp3) is 0.0833. The SMILES string of the molecule is Cc1nc(Cl)ccc1NC(=O)c1ccnc(Cl)c1[N+](=O)[O-]. The first kappa shape index (κ1) is 15.1. The molecule has 0 fully saturated rings. The zero-order valence-corrected chi connectivity index (χ0v) is 12.1. The third-order valence-electron chi connectivity index (χ3n) is 2.61. The molecule has 0 aliphatic rings. The van der Waals surface area contributed by atoms with Crippen LogP contribution in [0.1, 0.15) is 16.1 Å². The van der Waals surface area contributed by atoms with Crippen molar-refractivity contribution in [2.45, 2.75) is 6.92 Å². The van der Waals surface area contributed by atoms with Gasteiger partial charge in [-0.3, -0.25) is 14.9 Å². The molecule has 2 rings (SSSR count). The Labute approximate surface area is 129 Å². The molecular weight excluding hydrogens is 319 g/mol. The van der Waals surface area contributed by atoms with Gasteiger partial charge in [0.25, 0.3) is 5.91 Å². The minimum atomic E-state index is -0.753. The number of anilines is 1. The fourth-order valence-electron chi connectivity index (χ4n) is 1.64. The van der Waals surface area contributed by atoms with Gasteiger partial charge >= 0.3 is 5.69 Å². The maximum Gasteiger partial charge on any atom is 0.319 e. The molecule has 0 aromatic carbocycles. The summed E-state index contributed by atoms with van der Waals surface area (Å²) in [5.41, 5.74) is 0.149. The highest BCUT2D eigenvalue weighted by Crippen LogP contribution is 2.27. The van der Waals surface area contributed by atoms with Gasteiger partial charge in [-0.1, -0.05) is 23.2 Å². The van der Waals surface area contributed by atoms with Gasteiger partial charge in [-0.15, -0.1) is 0 Å². The smallest absolute Gasteiger partial charge is 0.319 e. The van der Waals surface area contributed by atoms with Gasteiger partial charge in [-0.25, -0.2) is 9.97 Å². The first-order chi connectivity index (χ1) is 9.90. The van der Waals surface area contributed by atoms with E-state index in [0.717, 1.165) is 0 Å². The molecule has 0 aliphatic heterocycles. The standard InChI is InChI=1S/C12H8Cl2N4O3/c1-6-8(2-3-9(13)16-6)17-12(19)7-4-5-15-11(14)10(7)18(20)21/h2-5H,1H3,(H,17,19). The Bertz CT molecular complexity index is 736. The quantitative estimate of drug-likeness (QED) is 0.530. The average molecular weight is 327 g/mol. The Hall–Kier alpha value is -2.25. The van der Waals surface area contributed by atoms with Crippen LogP contribution in [0.2, 0.25) is 10.3 Å². The van der Waals surface area contributed by atoms with E-state index in [4.69, 9.17) is 23.2 Å². The van der Waals surface area contributed by atoms with Gasteiger partial charge in [0.2, 0.25) is 5.15 Å². The minimum absolute atomic E-state index is 0.186. The number of nitrogens with one attached hydrogen (secondary N) is 1. The van der Waals surface area contributed by atoms with Crippen LogP contribution < -0.4 is 5.32 Å². The van der Waals surface area contributed by atoms with Crippen molar-refractivity contribution in [2.24, 2.45) is 0 Å². The molecule has 0 saturated carbocycles. The van der Waals surface area contributed by atoms with Crippen LogP contribution in [0.4, 0.5) is 11.4 Å². The molecule has 108 valence electrons. The van der Waals surface area contributed by atoms with E-state index in [1.807, 2.05) is 0 Å². The highest BCUT2D eigenvalue weighted by atomic mass is 35.5. The van der Waals surface area contributed by atoms with Crippen molar-refractivity contribution in [1.29, 1.82) is 0 Å².